The van der Waals surface area contributed by atoms with Crippen molar-refractivity contribution in [2.24, 2.45) is 5.10 Å². The summed E-state index contributed by atoms with van der Waals surface area (Å²) < 4.78 is 0.965. The van der Waals surface area contributed by atoms with Crippen LogP contribution in [0.2, 0.25) is 0 Å². The maximum absolute atomic E-state index is 12.5. The summed E-state index contributed by atoms with van der Waals surface area (Å²) >= 11 is 3.37. The van der Waals surface area contributed by atoms with Crippen LogP contribution in [0.1, 0.15) is 31.8 Å². The van der Waals surface area contributed by atoms with Crippen LogP contribution >= 0.6 is 15.9 Å². The predicted molar refractivity (Wildman–Crippen MR) is 115 cm³/mol. The fraction of sp³-hybridized carbons (Fsp3) is 0.0455. The summed E-state index contributed by atoms with van der Waals surface area (Å²) in [6.07, 6.45) is 1.55. The number of halogens is 1. The molecule has 5 nitrogen and oxygen atoms in total. The van der Waals surface area contributed by atoms with Gasteiger partial charge in [-0.25, -0.2) is 5.43 Å². The molecule has 3 aromatic carbocycles. The fourth-order valence-corrected chi connectivity index (χ4v) is 2.73. The quantitative estimate of drug-likeness (QED) is 0.447. The van der Waals surface area contributed by atoms with E-state index in [0.29, 0.717) is 16.8 Å². The lowest BCUT2D eigenvalue weighted by Gasteiger charge is -2.10. The number of nitrogens with zero attached hydrogens (tertiary/aromatic N) is 1. The maximum atomic E-state index is 12.5. The van der Waals surface area contributed by atoms with E-state index in [2.05, 4.69) is 31.8 Å². The molecule has 0 unspecified atom stereocenters. The second-order valence-electron chi connectivity index (χ2n) is 6.12. The zero-order valence-corrected chi connectivity index (χ0v) is 16.7. The van der Waals surface area contributed by atoms with Gasteiger partial charge < -0.3 is 5.32 Å². The molecule has 3 rings (SSSR count). The first kappa shape index (κ1) is 19.5. The normalized spacial score (nSPS) is 10.6. The number of carbonyl (C=O) groups is 2. The van der Waals surface area contributed by atoms with E-state index in [1.807, 2.05) is 43.3 Å². The Morgan fingerprint density at radius 1 is 0.893 bits per heavy atom. The molecular weight excluding hydrogens is 418 g/mol. The SMILES string of the molecule is Cc1ccc(C(=O)Nc2ccccc2C(=O)N/N=C\c2ccc(Br)cc2)cc1. The van der Waals surface area contributed by atoms with Crippen molar-refractivity contribution in [3.63, 3.8) is 0 Å². The van der Waals surface area contributed by atoms with Crippen molar-refractivity contribution in [1.29, 1.82) is 0 Å². The van der Waals surface area contributed by atoms with Gasteiger partial charge in [-0.2, -0.15) is 5.10 Å². The van der Waals surface area contributed by atoms with E-state index in [1.54, 1.807) is 42.6 Å². The van der Waals surface area contributed by atoms with Crippen molar-refractivity contribution in [3.05, 3.63) is 99.5 Å². The Hall–Kier alpha value is -3.25. The minimum atomic E-state index is -0.409. The second-order valence-corrected chi connectivity index (χ2v) is 7.03. The standard InChI is InChI=1S/C22H18BrN3O2/c1-15-6-10-17(11-7-15)21(27)25-20-5-3-2-4-19(20)22(28)26-24-14-16-8-12-18(23)13-9-16/h2-14H,1H3,(H,25,27)(H,26,28)/b24-14-. The van der Waals surface area contributed by atoms with Crippen LogP contribution in [0.25, 0.3) is 0 Å². The van der Waals surface area contributed by atoms with E-state index in [0.717, 1.165) is 15.6 Å². The Balaban J connectivity index is 1.70. The second kappa shape index (κ2) is 9.10. The van der Waals surface area contributed by atoms with Crippen molar-refractivity contribution in [3.8, 4) is 0 Å². The summed E-state index contributed by atoms with van der Waals surface area (Å²) in [7, 11) is 0. The molecule has 2 amide bonds. The average molecular weight is 436 g/mol. The van der Waals surface area contributed by atoms with Gasteiger partial charge in [0.1, 0.15) is 0 Å². The van der Waals surface area contributed by atoms with Crippen molar-refractivity contribution in [2.45, 2.75) is 6.92 Å². The minimum absolute atomic E-state index is 0.279. The number of benzene rings is 3. The number of nitrogens with one attached hydrogen (secondary N) is 2. The molecule has 0 fully saturated rings. The number of anilines is 1. The van der Waals surface area contributed by atoms with Crippen molar-refractivity contribution in [1.82, 2.24) is 5.43 Å². The molecule has 0 atom stereocenters. The molecule has 3 aromatic rings. The lowest BCUT2D eigenvalue weighted by atomic mass is 10.1. The van der Waals surface area contributed by atoms with Gasteiger partial charge in [0.05, 0.1) is 17.5 Å². The number of hydrazone groups is 1. The number of amides is 2. The van der Waals surface area contributed by atoms with Gasteiger partial charge in [0.2, 0.25) is 0 Å². The van der Waals surface area contributed by atoms with Gasteiger partial charge in [0, 0.05) is 10.0 Å². The molecular formula is C22H18BrN3O2. The molecule has 0 saturated heterocycles. The largest absolute Gasteiger partial charge is 0.321 e. The zero-order valence-electron chi connectivity index (χ0n) is 15.1. The molecule has 2 N–H and O–H groups in total. The zero-order chi connectivity index (χ0) is 19.9. The van der Waals surface area contributed by atoms with Crippen molar-refractivity contribution >= 4 is 39.6 Å². The van der Waals surface area contributed by atoms with E-state index < -0.39 is 5.91 Å². The first-order chi connectivity index (χ1) is 13.5. The van der Waals surface area contributed by atoms with Crippen LogP contribution in [0, 0.1) is 6.92 Å². The van der Waals surface area contributed by atoms with E-state index >= 15 is 0 Å². The first-order valence-electron chi connectivity index (χ1n) is 8.59. The van der Waals surface area contributed by atoms with Crippen molar-refractivity contribution < 1.29 is 9.59 Å². The Labute approximate surface area is 171 Å². The van der Waals surface area contributed by atoms with Crippen molar-refractivity contribution in [2.75, 3.05) is 5.32 Å². The number of carbonyl (C=O) groups excluding carboxylic acids is 2. The molecule has 0 aliphatic heterocycles. The molecule has 140 valence electrons. The van der Waals surface area contributed by atoms with Gasteiger partial charge in [0.25, 0.3) is 11.8 Å². The van der Waals surface area contributed by atoms with Gasteiger partial charge in [-0.1, -0.05) is 57.9 Å². The number of para-hydroxylation sites is 1. The van der Waals surface area contributed by atoms with Crippen LogP contribution in [0.5, 0.6) is 0 Å². The number of aryl methyl sites for hydroxylation is 1. The summed E-state index contributed by atoms with van der Waals surface area (Å²) in [5, 5.41) is 6.77. The highest BCUT2D eigenvalue weighted by molar-refractivity contribution is 9.10. The van der Waals surface area contributed by atoms with Crippen LogP contribution < -0.4 is 10.7 Å². The summed E-state index contributed by atoms with van der Waals surface area (Å²) in [4.78, 5) is 24.9. The minimum Gasteiger partial charge on any atom is -0.321 e. The molecule has 0 spiro atoms. The third-order valence-corrected chi connectivity index (χ3v) is 4.51. The highest BCUT2D eigenvalue weighted by Gasteiger charge is 2.13. The number of rotatable bonds is 5. The average Bonchev–Trinajstić information content (AvgIpc) is 2.70. The smallest absolute Gasteiger partial charge is 0.273 e. The predicted octanol–water partition coefficient (Wildman–Crippen LogP) is 4.77. The Morgan fingerprint density at radius 2 is 1.57 bits per heavy atom. The molecule has 0 aromatic heterocycles. The van der Waals surface area contributed by atoms with Gasteiger partial charge in [-0.3, -0.25) is 9.59 Å². The van der Waals surface area contributed by atoms with Crippen LogP contribution in [-0.4, -0.2) is 18.0 Å². The van der Waals surface area contributed by atoms with Gasteiger partial charge in [-0.15, -0.1) is 0 Å². The fourth-order valence-electron chi connectivity index (χ4n) is 2.46. The third kappa shape index (κ3) is 5.14. The highest BCUT2D eigenvalue weighted by atomic mass is 79.9. The summed E-state index contributed by atoms with van der Waals surface area (Å²) in [6.45, 7) is 1.95. The maximum Gasteiger partial charge on any atom is 0.273 e. The Bertz CT molecular complexity index is 1010. The number of hydrogen-bond acceptors (Lipinski definition) is 3. The van der Waals surface area contributed by atoms with Crippen LogP contribution in [0.4, 0.5) is 5.69 Å². The highest BCUT2D eigenvalue weighted by Crippen LogP contribution is 2.16. The first-order valence-corrected chi connectivity index (χ1v) is 9.38. The lowest BCUT2D eigenvalue weighted by Crippen LogP contribution is -2.21. The summed E-state index contributed by atoms with van der Waals surface area (Å²) in [6, 6.07) is 21.5. The molecule has 0 radical (unpaired) electrons. The molecule has 0 aliphatic carbocycles. The van der Waals surface area contributed by atoms with Crippen LogP contribution in [0.15, 0.2) is 82.4 Å². The van der Waals surface area contributed by atoms with E-state index in [9.17, 15) is 9.59 Å². The van der Waals surface area contributed by atoms with Crippen LogP contribution in [-0.2, 0) is 0 Å². The summed E-state index contributed by atoms with van der Waals surface area (Å²) in [5.41, 5.74) is 5.68. The molecule has 28 heavy (non-hydrogen) atoms. The van der Waals surface area contributed by atoms with Gasteiger partial charge in [-0.05, 0) is 48.9 Å². The topological polar surface area (TPSA) is 70.6 Å². The van der Waals surface area contributed by atoms with E-state index in [4.69, 9.17) is 0 Å². The third-order valence-electron chi connectivity index (χ3n) is 3.98. The molecule has 0 aliphatic rings. The lowest BCUT2D eigenvalue weighted by molar-refractivity contribution is 0.0956. The van der Waals surface area contributed by atoms with Gasteiger partial charge >= 0.3 is 0 Å². The van der Waals surface area contributed by atoms with E-state index in [1.165, 1.54) is 0 Å². The molecule has 0 saturated carbocycles. The molecule has 0 bridgehead atoms. The number of hydrogen-bond donors (Lipinski definition) is 2. The van der Waals surface area contributed by atoms with E-state index in [-0.39, 0.29) is 5.91 Å². The Kier molecular flexibility index (Phi) is 6.34. The molecule has 0 heterocycles. The van der Waals surface area contributed by atoms with Gasteiger partial charge in [0.15, 0.2) is 0 Å². The Morgan fingerprint density at radius 3 is 2.29 bits per heavy atom. The monoisotopic (exact) mass is 435 g/mol. The molecule has 6 heteroatoms. The van der Waals surface area contributed by atoms with Crippen LogP contribution in [0.3, 0.4) is 0 Å². The summed E-state index contributed by atoms with van der Waals surface area (Å²) in [5.74, 6) is -0.688.